The predicted octanol–water partition coefficient (Wildman–Crippen LogP) is 2.45. The SMILES string of the molecule is N#Cc1ccccc1Cn1c(CO)nc2ccccc21. The Hall–Kier alpha value is -2.64. The standard InChI is InChI=1S/C16H13N3O/c17-9-12-5-1-2-6-13(12)10-19-15-8-4-3-7-14(15)18-16(19)11-20/h1-8,20H,10-11H2. The maximum Gasteiger partial charge on any atom is 0.136 e. The van der Waals surface area contributed by atoms with Crippen molar-refractivity contribution in [3.05, 3.63) is 65.5 Å². The molecule has 0 amide bonds. The second-order valence-electron chi connectivity index (χ2n) is 4.53. The summed E-state index contributed by atoms with van der Waals surface area (Å²) in [6.07, 6.45) is 0. The first-order chi connectivity index (χ1) is 9.83. The summed E-state index contributed by atoms with van der Waals surface area (Å²) in [6, 6.07) is 17.4. The molecule has 0 unspecified atom stereocenters. The van der Waals surface area contributed by atoms with E-state index in [-0.39, 0.29) is 6.61 Å². The molecular formula is C16H13N3O. The zero-order chi connectivity index (χ0) is 13.9. The van der Waals surface area contributed by atoms with Gasteiger partial charge in [-0.1, -0.05) is 30.3 Å². The number of nitriles is 1. The largest absolute Gasteiger partial charge is 0.388 e. The van der Waals surface area contributed by atoms with E-state index in [9.17, 15) is 5.11 Å². The first kappa shape index (κ1) is 12.4. The van der Waals surface area contributed by atoms with Crippen LogP contribution in [0.1, 0.15) is 17.0 Å². The molecule has 0 radical (unpaired) electrons. The lowest BCUT2D eigenvalue weighted by atomic mass is 10.1. The molecule has 4 heteroatoms. The normalized spacial score (nSPS) is 10.6. The molecule has 3 aromatic rings. The first-order valence-corrected chi connectivity index (χ1v) is 6.36. The molecule has 0 aliphatic rings. The maximum absolute atomic E-state index is 9.48. The summed E-state index contributed by atoms with van der Waals surface area (Å²) >= 11 is 0. The van der Waals surface area contributed by atoms with Gasteiger partial charge < -0.3 is 9.67 Å². The van der Waals surface area contributed by atoms with E-state index in [1.807, 2.05) is 47.0 Å². The Morgan fingerprint density at radius 2 is 1.85 bits per heavy atom. The minimum Gasteiger partial charge on any atom is -0.388 e. The Kier molecular flexibility index (Phi) is 3.20. The molecule has 0 aliphatic heterocycles. The predicted molar refractivity (Wildman–Crippen MR) is 75.9 cm³/mol. The zero-order valence-electron chi connectivity index (χ0n) is 10.8. The van der Waals surface area contributed by atoms with Crippen LogP contribution >= 0.6 is 0 Å². The second-order valence-corrected chi connectivity index (χ2v) is 4.53. The van der Waals surface area contributed by atoms with Crippen molar-refractivity contribution in [3.63, 3.8) is 0 Å². The lowest BCUT2D eigenvalue weighted by molar-refractivity contribution is 0.267. The third-order valence-corrected chi connectivity index (χ3v) is 3.34. The molecule has 4 nitrogen and oxygen atoms in total. The van der Waals surface area contributed by atoms with Crippen LogP contribution in [0.5, 0.6) is 0 Å². The fraction of sp³-hybridized carbons (Fsp3) is 0.125. The summed E-state index contributed by atoms with van der Waals surface area (Å²) < 4.78 is 1.95. The third-order valence-electron chi connectivity index (χ3n) is 3.34. The van der Waals surface area contributed by atoms with Crippen LogP contribution in [0.3, 0.4) is 0 Å². The number of aliphatic hydroxyl groups is 1. The number of aromatic nitrogens is 2. The van der Waals surface area contributed by atoms with Gasteiger partial charge in [-0.25, -0.2) is 4.98 Å². The number of para-hydroxylation sites is 2. The fourth-order valence-electron chi connectivity index (χ4n) is 2.36. The fourth-order valence-corrected chi connectivity index (χ4v) is 2.36. The molecule has 0 saturated carbocycles. The summed E-state index contributed by atoms with van der Waals surface area (Å²) in [4.78, 5) is 4.41. The second kappa shape index (κ2) is 5.16. The van der Waals surface area contributed by atoms with E-state index in [0.29, 0.717) is 17.9 Å². The van der Waals surface area contributed by atoms with Crippen molar-refractivity contribution in [2.24, 2.45) is 0 Å². The molecule has 1 heterocycles. The smallest absolute Gasteiger partial charge is 0.136 e. The van der Waals surface area contributed by atoms with Crippen LogP contribution < -0.4 is 0 Å². The van der Waals surface area contributed by atoms with Gasteiger partial charge in [0.05, 0.1) is 29.2 Å². The molecule has 0 spiro atoms. The lowest BCUT2D eigenvalue weighted by Gasteiger charge is -2.09. The summed E-state index contributed by atoms with van der Waals surface area (Å²) in [5.74, 6) is 0.610. The molecule has 20 heavy (non-hydrogen) atoms. The summed E-state index contributed by atoms with van der Waals surface area (Å²) in [6.45, 7) is 0.406. The van der Waals surface area contributed by atoms with E-state index in [1.54, 1.807) is 6.07 Å². The molecule has 0 bridgehead atoms. The van der Waals surface area contributed by atoms with Crippen molar-refractivity contribution in [1.29, 1.82) is 5.26 Å². The van der Waals surface area contributed by atoms with E-state index >= 15 is 0 Å². The van der Waals surface area contributed by atoms with E-state index in [4.69, 9.17) is 5.26 Å². The maximum atomic E-state index is 9.48. The molecule has 2 aromatic carbocycles. The van der Waals surface area contributed by atoms with E-state index in [0.717, 1.165) is 16.6 Å². The van der Waals surface area contributed by atoms with Crippen LogP contribution in [-0.2, 0) is 13.2 Å². The topological polar surface area (TPSA) is 61.8 Å². The molecule has 98 valence electrons. The Labute approximate surface area is 116 Å². The van der Waals surface area contributed by atoms with Gasteiger partial charge in [0.2, 0.25) is 0 Å². The van der Waals surface area contributed by atoms with Crippen molar-refractivity contribution in [2.75, 3.05) is 0 Å². The van der Waals surface area contributed by atoms with Gasteiger partial charge in [-0.2, -0.15) is 5.26 Å². The molecule has 0 saturated heterocycles. The number of benzene rings is 2. The Balaban J connectivity index is 2.13. The average Bonchev–Trinajstić information content (AvgIpc) is 2.86. The van der Waals surface area contributed by atoms with E-state index in [1.165, 1.54) is 0 Å². The summed E-state index contributed by atoms with van der Waals surface area (Å²) in [7, 11) is 0. The Morgan fingerprint density at radius 1 is 1.10 bits per heavy atom. The number of nitrogens with zero attached hydrogens (tertiary/aromatic N) is 3. The Morgan fingerprint density at radius 3 is 2.65 bits per heavy atom. The van der Waals surface area contributed by atoms with Gasteiger partial charge in [-0.05, 0) is 23.8 Å². The van der Waals surface area contributed by atoms with Crippen molar-refractivity contribution >= 4 is 11.0 Å². The van der Waals surface area contributed by atoms with Crippen molar-refractivity contribution in [3.8, 4) is 6.07 Å². The number of hydrogen-bond acceptors (Lipinski definition) is 3. The van der Waals surface area contributed by atoms with Crippen molar-refractivity contribution < 1.29 is 5.11 Å². The van der Waals surface area contributed by atoms with Crippen LogP contribution in [0.2, 0.25) is 0 Å². The van der Waals surface area contributed by atoms with Gasteiger partial charge in [0.15, 0.2) is 0 Å². The van der Waals surface area contributed by atoms with Gasteiger partial charge in [-0.3, -0.25) is 0 Å². The van der Waals surface area contributed by atoms with E-state index < -0.39 is 0 Å². The van der Waals surface area contributed by atoms with Gasteiger partial charge in [-0.15, -0.1) is 0 Å². The van der Waals surface area contributed by atoms with Crippen LogP contribution in [0.25, 0.3) is 11.0 Å². The number of rotatable bonds is 3. The number of hydrogen-bond donors (Lipinski definition) is 1. The highest BCUT2D eigenvalue weighted by Crippen LogP contribution is 2.19. The zero-order valence-corrected chi connectivity index (χ0v) is 10.8. The van der Waals surface area contributed by atoms with Gasteiger partial charge in [0.25, 0.3) is 0 Å². The van der Waals surface area contributed by atoms with Crippen LogP contribution in [0.4, 0.5) is 0 Å². The molecule has 3 rings (SSSR count). The number of fused-ring (bicyclic) bond motifs is 1. The minimum absolute atomic E-state index is 0.122. The van der Waals surface area contributed by atoms with Crippen molar-refractivity contribution in [2.45, 2.75) is 13.2 Å². The molecule has 1 aromatic heterocycles. The third kappa shape index (κ3) is 2.04. The molecule has 0 aliphatic carbocycles. The first-order valence-electron chi connectivity index (χ1n) is 6.36. The van der Waals surface area contributed by atoms with Crippen LogP contribution in [0, 0.1) is 11.3 Å². The highest BCUT2D eigenvalue weighted by molar-refractivity contribution is 5.76. The minimum atomic E-state index is -0.122. The van der Waals surface area contributed by atoms with E-state index in [2.05, 4.69) is 11.1 Å². The molecule has 0 atom stereocenters. The Bertz CT molecular complexity index is 799. The average molecular weight is 263 g/mol. The summed E-state index contributed by atoms with van der Waals surface area (Å²) in [5, 5.41) is 18.6. The molecule has 1 N–H and O–H groups in total. The number of aliphatic hydroxyl groups excluding tert-OH is 1. The van der Waals surface area contributed by atoms with Crippen LogP contribution in [-0.4, -0.2) is 14.7 Å². The lowest BCUT2D eigenvalue weighted by Crippen LogP contribution is -2.06. The quantitative estimate of drug-likeness (QED) is 0.789. The highest BCUT2D eigenvalue weighted by atomic mass is 16.3. The highest BCUT2D eigenvalue weighted by Gasteiger charge is 2.11. The van der Waals surface area contributed by atoms with Gasteiger partial charge >= 0.3 is 0 Å². The van der Waals surface area contributed by atoms with Gasteiger partial charge in [0.1, 0.15) is 12.4 Å². The van der Waals surface area contributed by atoms with Gasteiger partial charge in [0, 0.05) is 0 Å². The van der Waals surface area contributed by atoms with Crippen molar-refractivity contribution in [1.82, 2.24) is 9.55 Å². The molecular weight excluding hydrogens is 250 g/mol. The number of imidazole rings is 1. The monoisotopic (exact) mass is 263 g/mol. The van der Waals surface area contributed by atoms with Crippen LogP contribution in [0.15, 0.2) is 48.5 Å². The summed E-state index contributed by atoms with van der Waals surface area (Å²) in [5.41, 5.74) is 3.39. The molecule has 0 fully saturated rings.